The van der Waals surface area contributed by atoms with Crippen LogP contribution >= 0.6 is 0 Å². The highest BCUT2D eigenvalue weighted by molar-refractivity contribution is 7.90. The first kappa shape index (κ1) is 23.1. The van der Waals surface area contributed by atoms with E-state index in [4.69, 9.17) is 0 Å². The fraction of sp³-hybridized carbons (Fsp3) is 0.696. The maximum Gasteiger partial charge on any atom is 0.191 e. The predicted octanol–water partition coefficient (Wildman–Crippen LogP) is 2.99. The average molecular weight is 435 g/mol. The summed E-state index contributed by atoms with van der Waals surface area (Å²) in [5, 5.41) is 7.04. The number of nitrogens with zero attached hydrogens (tertiary/aromatic N) is 2. The van der Waals surface area contributed by atoms with Gasteiger partial charge in [-0.05, 0) is 62.9 Å². The van der Waals surface area contributed by atoms with Crippen LogP contribution in [0.5, 0.6) is 0 Å². The summed E-state index contributed by atoms with van der Waals surface area (Å²) < 4.78 is 23.2. The highest BCUT2D eigenvalue weighted by atomic mass is 32.2. The van der Waals surface area contributed by atoms with Crippen LogP contribution < -0.4 is 10.6 Å². The van der Waals surface area contributed by atoms with Gasteiger partial charge in [0.2, 0.25) is 0 Å². The van der Waals surface area contributed by atoms with E-state index in [9.17, 15) is 8.42 Å². The second-order valence-electron chi connectivity index (χ2n) is 8.85. The summed E-state index contributed by atoms with van der Waals surface area (Å²) in [6, 6.07) is 7.15. The van der Waals surface area contributed by atoms with Gasteiger partial charge in [0.15, 0.2) is 15.8 Å². The van der Waals surface area contributed by atoms with Gasteiger partial charge in [0.1, 0.15) is 0 Å². The molecule has 0 bridgehead atoms. The molecular formula is C23H38N4O2S. The van der Waals surface area contributed by atoms with Gasteiger partial charge in [-0.3, -0.25) is 9.89 Å². The van der Waals surface area contributed by atoms with Crippen LogP contribution in [0.15, 0.2) is 34.2 Å². The van der Waals surface area contributed by atoms with Crippen LogP contribution in [-0.2, 0) is 16.3 Å². The molecule has 0 atom stereocenters. The first-order valence-corrected chi connectivity index (χ1v) is 13.3. The first-order valence-electron chi connectivity index (χ1n) is 11.4. The molecule has 1 saturated heterocycles. The van der Waals surface area contributed by atoms with Crippen molar-refractivity contribution in [3.63, 3.8) is 0 Å². The molecule has 6 nitrogen and oxygen atoms in total. The van der Waals surface area contributed by atoms with Crippen LogP contribution in [0, 0.1) is 0 Å². The lowest BCUT2D eigenvalue weighted by molar-refractivity contribution is 0.0368. The van der Waals surface area contributed by atoms with Gasteiger partial charge in [-0.25, -0.2) is 8.42 Å². The topological polar surface area (TPSA) is 73.8 Å². The van der Waals surface area contributed by atoms with Crippen molar-refractivity contribution in [2.24, 2.45) is 4.99 Å². The van der Waals surface area contributed by atoms with Crippen molar-refractivity contribution < 1.29 is 8.42 Å². The number of aliphatic imine (C=N–C) groups is 1. The largest absolute Gasteiger partial charge is 0.356 e. The van der Waals surface area contributed by atoms with Crippen molar-refractivity contribution in [1.29, 1.82) is 0 Å². The molecule has 1 aliphatic heterocycles. The summed E-state index contributed by atoms with van der Waals surface area (Å²) >= 11 is 0. The Bertz CT molecular complexity index is 793. The smallest absolute Gasteiger partial charge is 0.191 e. The molecule has 2 fully saturated rings. The molecule has 0 spiro atoms. The van der Waals surface area contributed by atoms with Crippen LogP contribution in [0.3, 0.4) is 0 Å². The van der Waals surface area contributed by atoms with Crippen molar-refractivity contribution in [1.82, 2.24) is 15.5 Å². The lowest BCUT2D eigenvalue weighted by Crippen LogP contribution is -2.59. The molecule has 1 heterocycles. The standard InChI is InChI=1S/C23H38N4O2S/c1-24-22(25-16-13-20-9-11-21(12-10-20)30(2,28)29)26-19-23(14-5-3-6-15-23)27-17-7-4-8-18-27/h9-12H,3-8,13-19H2,1-2H3,(H2,24,25,26). The Balaban J connectivity index is 1.51. The Morgan fingerprint density at radius 3 is 2.23 bits per heavy atom. The lowest BCUT2D eigenvalue weighted by Gasteiger charge is -2.48. The summed E-state index contributed by atoms with van der Waals surface area (Å²) in [6.07, 6.45) is 12.7. The highest BCUT2D eigenvalue weighted by Gasteiger charge is 2.38. The van der Waals surface area contributed by atoms with Crippen LogP contribution in [0.4, 0.5) is 0 Å². The summed E-state index contributed by atoms with van der Waals surface area (Å²) in [6.45, 7) is 4.18. The van der Waals surface area contributed by atoms with E-state index < -0.39 is 9.84 Å². The molecule has 168 valence electrons. The minimum atomic E-state index is -3.14. The summed E-state index contributed by atoms with van der Waals surface area (Å²) in [5.41, 5.74) is 1.39. The first-order chi connectivity index (χ1) is 14.4. The number of nitrogens with one attached hydrogen (secondary N) is 2. The molecule has 3 rings (SSSR count). The molecule has 0 unspecified atom stereocenters. The SMILES string of the molecule is CN=C(NCCc1ccc(S(C)(=O)=O)cc1)NCC1(N2CCCCC2)CCCCC1. The molecule has 2 N–H and O–H groups in total. The molecule has 1 aromatic carbocycles. The Morgan fingerprint density at radius 2 is 1.63 bits per heavy atom. The Morgan fingerprint density at radius 1 is 1.00 bits per heavy atom. The van der Waals surface area contributed by atoms with Gasteiger partial charge in [0.25, 0.3) is 0 Å². The zero-order valence-corrected chi connectivity index (χ0v) is 19.4. The number of sulfone groups is 1. The van der Waals surface area contributed by atoms with Crippen molar-refractivity contribution in [3.05, 3.63) is 29.8 Å². The Hall–Kier alpha value is -1.60. The number of piperidine rings is 1. The fourth-order valence-corrected chi connectivity index (χ4v) is 5.51. The van der Waals surface area contributed by atoms with Crippen molar-refractivity contribution >= 4 is 15.8 Å². The molecule has 30 heavy (non-hydrogen) atoms. The summed E-state index contributed by atoms with van der Waals surface area (Å²) in [7, 11) is -1.32. The van der Waals surface area contributed by atoms with E-state index in [1.807, 2.05) is 19.2 Å². The van der Waals surface area contributed by atoms with Gasteiger partial charge >= 0.3 is 0 Å². The van der Waals surface area contributed by atoms with E-state index in [-0.39, 0.29) is 5.54 Å². The summed E-state index contributed by atoms with van der Waals surface area (Å²) in [5.74, 6) is 0.852. The van der Waals surface area contributed by atoms with Crippen molar-refractivity contribution in [3.8, 4) is 0 Å². The highest BCUT2D eigenvalue weighted by Crippen LogP contribution is 2.35. The predicted molar refractivity (Wildman–Crippen MR) is 124 cm³/mol. The molecular weight excluding hydrogens is 396 g/mol. The third-order valence-corrected chi connectivity index (χ3v) is 7.81. The number of guanidine groups is 1. The van der Waals surface area contributed by atoms with E-state index in [0.29, 0.717) is 4.90 Å². The van der Waals surface area contributed by atoms with E-state index >= 15 is 0 Å². The normalized spacial score (nSPS) is 20.7. The van der Waals surface area contributed by atoms with Gasteiger partial charge in [0, 0.05) is 31.9 Å². The lowest BCUT2D eigenvalue weighted by atomic mass is 9.79. The van der Waals surface area contributed by atoms with Crippen LogP contribution in [0.2, 0.25) is 0 Å². The maximum absolute atomic E-state index is 11.6. The van der Waals surface area contributed by atoms with Crippen molar-refractivity contribution in [2.45, 2.75) is 68.2 Å². The van der Waals surface area contributed by atoms with Crippen LogP contribution in [0.1, 0.15) is 56.9 Å². The molecule has 7 heteroatoms. The molecule has 0 radical (unpaired) electrons. The van der Waals surface area contributed by atoms with Crippen LogP contribution in [-0.4, -0.2) is 64.3 Å². The molecule has 2 aliphatic rings. The maximum atomic E-state index is 11.6. The van der Waals surface area contributed by atoms with Crippen molar-refractivity contribution in [2.75, 3.05) is 39.5 Å². The van der Waals surface area contributed by atoms with Gasteiger partial charge in [-0.15, -0.1) is 0 Å². The van der Waals surface area contributed by atoms with Gasteiger partial charge in [0.05, 0.1) is 4.90 Å². The molecule has 0 amide bonds. The molecule has 1 aromatic rings. The van der Waals surface area contributed by atoms with Crippen LogP contribution in [0.25, 0.3) is 0 Å². The van der Waals surface area contributed by atoms with E-state index in [0.717, 1.165) is 31.0 Å². The Kier molecular flexibility index (Phi) is 8.17. The van der Waals surface area contributed by atoms with Gasteiger partial charge in [-0.2, -0.15) is 0 Å². The fourth-order valence-electron chi connectivity index (χ4n) is 4.88. The third kappa shape index (κ3) is 6.20. The zero-order chi connectivity index (χ0) is 21.5. The number of rotatable bonds is 7. The van der Waals surface area contributed by atoms with E-state index in [1.54, 1.807) is 12.1 Å². The quantitative estimate of drug-likeness (QED) is 0.510. The second-order valence-corrected chi connectivity index (χ2v) is 10.9. The molecule has 0 aromatic heterocycles. The summed E-state index contributed by atoms with van der Waals surface area (Å²) in [4.78, 5) is 7.54. The average Bonchev–Trinajstić information content (AvgIpc) is 2.77. The molecule has 1 aliphatic carbocycles. The number of hydrogen-bond donors (Lipinski definition) is 2. The number of hydrogen-bond acceptors (Lipinski definition) is 4. The number of benzene rings is 1. The zero-order valence-electron chi connectivity index (χ0n) is 18.6. The molecule has 1 saturated carbocycles. The van der Waals surface area contributed by atoms with Gasteiger partial charge < -0.3 is 10.6 Å². The number of likely N-dealkylation sites (tertiary alicyclic amines) is 1. The van der Waals surface area contributed by atoms with Gasteiger partial charge in [-0.1, -0.05) is 37.8 Å². The second kappa shape index (κ2) is 10.6. The van der Waals surface area contributed by atoms with E-state index in [1.165, 1.54) is 70.7 Å². The minimum Gasteiger partial charge on any atom is -0.356 e. The monoisotopic (exact) mass is 434 g/mol. The Labute approximate surface area is 182 Å². The van der Waals surface area contributed by atoms with E-state index in [2.05, 4.69) is 20.5 Å². The minimum absolute atomic E-state index is 0.276. The third-order valence-electron chi connectivity index (χ3n) is 6.68.